The first-order valence-electron chi connectivity index (χ1n) is 13.5. The fourth-order valence-corrected chi connectivity index (χ4v) is 5.27. The van der Waals surface area contributed by atoms with Crippen molar-refractivity contribution in [1.82, 2.24) is 4.90 Å². The first-order valence-corrected chi connectivity index (χ1v) is 13.5. The van der Waals surface area contributed by atoms with Crippen molar-refractivity contribution < 1.29 is 28.5 Å². The quantitative estimate of drug-likeness (QED) is 0.231. The molecule has 1 aliphatic heterocycles. The van der Waals surface area contributed by atoms with Crippen LogP contribution in [-0.2, 0) is 19.9 Å². The predicted octanol–water partition coefficient (Wildman–Crippen LogP) is 5.30. The Labute approximate surface area is 231 Å². The zero-order valence-electron chi connectivity index (χ0n) is 23.4. The summed E-state index contributed by atoms with van der Waals surface area (Å²) < 4.78 is 28.6. The van der Waals surface area contributed by atoms with Gasteiger partial charge in [-0.2, -0.15) is 0 Å². The third kappa shape index (κ3) is 6.54. The Kier molecular flexibility index (Phi) is 9.85. The molecular weight excluding hydrogens is 494 g/mol. The maximum Gasteiger partial charge on any atom is 0.310 e. The first-order chi connectivity index (χ1) is 19.0. The summed E-state index contributed by atoms with van der Waals surface area (Å²) in [6.07, 6.45) is 1.83. The lowest BCUT2D eigenvalue weighted by Crippen LogP contribution is -2.42. The molecule has 1 unspecified atom stereocenters. The lowest BCUT2D eigenvalue weighted by molar-refractivity contribution is -0.150. The molecule has 3 aromatic carbocycles. The van der Waals surface area contributed by atoms with Gasteiger partial charge < -0.3 is 28.6 Å². The Balaban J connectivity index is 1.69. The highest BCUT2D eigenvalue weighted by Gasteiger charge is 2.38. The van der Waals surface area contributed by atoms with Gasteiger partial charge in [0.25, 0.3) is 0 Å². The number of carbonyl (C=O) groups is 1. The van der Waals surface area contributed by atoms with Gasteiger partial charge in [0.15, 0.2) is 0 Å². The molecule has 0 bridgehead atoms. The molecule has 0 saturated carbocycles. The number of benzene rings is 3. The topological polar surface area (TPSA) is 66.5 Å². The minimum atomic E-state index is -0.902. The summed E-state index contributed by atoms with van der Waals surface area (Å²) in [4.78, 5) is 14.7. The van der Waals surface area contributed by atoms with E-state index in [2.05, 4.69) is 4.90 Å². The second-order valence-corrected chi connectivity index (χ2v) is 9.61. The summed E-state index contributed by atoms with van der Waals surface area (Å²) in [5, 5.41) is 0. The molecule has 0 N–H and O–H groups in total. The van der Waals surface area contributed by atoms with Crippen LogP contribution in [0.1, 0.15) is 36.5 Å². The molecule has 0 aromatic heterocycles. The average molecular weight is 534 g/mol. The van der Waals surface area contributed by atoms with Crippen molar-refractivity contribution in [1.29, 1.82) is 0 Å². The van der Waals surface area contributed by atoms with E-state index in [9.17, 15) is 4.79 Å². The highest BCUT2D eigenvalue weighted by molar-refractivity contribution is 5.72. The summed E-state index contributed by atoms with van der Waals surface area (Å²) in [5.41, 5.74) is 2.02. The van der Waals surface area contributed by atoms with Gasteiger partial charge in [-0.15, -0.1) is 0 Å². The number of piperidine rings is 1. The Morgan fingerprint density at radius 1 is 0.795 bits per heavy atom. The maximum absolute atomic E-state index is 12.4. The van der Waals surface area contributed by atoms with Crippen LogP contribution in [0, 0.1) is 5.92 Å². The minimum Gasteiger partial charge on any atom is -0.497 e. The number of rotatable bonds is 12. The van der Waals surface area contributed by atoms with Crippen molar-refractivity contribution in [3.05, 3.63) is 89.5 Å². The van der Waals surface area contributed by atoms with Gasteiger partial charge in [-0.25, -0.2) is 0 Å². The Hall–Kier alpha value is -3.55. The second-order valence-electron chi connectivity index (χ2n) is 9.61. The Bertz CT molecular complexity index is 1060. The van der Waals surface area contributed by atoms with Gasteiger partial charge in [-0.05, 0) is 79.4 Å². The number of nitrogens with zero attached hydrogens (tertiary/aromatic N) is 1. The van der Waals surface area contributed by atoms with E-state index in [1.807, 2.05) is 79.7 Å². The zero-order valence-corrected chi connectivity index (χ0v) is 23.4. The lowest BCUT2D eigenvalue weighted by Gasteiger charge is -2.38. The molecule has 1 aliphatic rings. The molecular formula is C32H39NO6. The molecule has 1 saturated heterocycles. The standard InChI is InChI=1S/C32H39NO6/c1-5-38-31(34)24-7-6-20-33(23-24)21-22-39-32(25-8-14-28(35-2)15-9-25,26-10-16-29(36-3)17-11-26)27-12-18-30(37-4)19-13-27/h8-19,24H,5-7,20-23H2,1-4H3. The monoisotopic (exact) mass is 533 g/mol. The summed E-state index contributed by atoms with van der Waals surface area (Å²) in [6.45, 7) is 5.03. The van der Waals surface area contributed by atoms with Crippen LogP contribution in [0.2, 0.25) is 0 Å². The second kappa shape index (κ2) is 13.5. The van der Waals surface area contributed by atoms with Crippen molar-refractivity contribution in [3.8, 4) is 17.2 Å². The summed E-state index contributed by atoms with van der Waals surface area (Å²) in [5.74, 6) is 2.13. The molecule has 1 heterocycles. The summed E-state index contributed by atoms with van der Waals surface area (Å²) >= 11 is 0. The van der Waals surface area contributed by atoms with Crippen LogP contribution in [0.3, 0.4) is 0 Å². The number of methoxy groups -OCH3 is 3. The van der Waals surface area contributed by atoms with Crippen LogP contribution in [-0.4, -0.2) is 65.0 Å². The molecule has 3 aromatic rings. The molecule has 7 heteroatoms. The lowest BCUT2D eigenvalue weighted by atomic mass is 9.80. The Morgan fingerprint density at radius 2 is 1.26 bits per heavy atom. The number of carbonyl (C=O) groups excluding carboxylic acids is 1. The minimum absolute atomic E-state index is 0.0896. The molecule has 0 amide bonds. The van der Waals surface area contributed by atoms with E-state index < -0.39 is 5.60 Å². The molecule has 0 spiro atoms. The number of hydrogen-bond donors (Lipinski definition) is 0. The van der Waals surface area contributed by atoms with Crippen molar-refractivity contribution in [2.45, 2.75) is 25.4 Å². The number of ether oxygens (including phenoxy) is 5. The molecule has 0 radical (unpaired) electrons. The van der Waals surface area contributed by atoms with Gasteiger partial charge in [0, 0.05) is 13.1 Å². The van der Waals surface area contributed by atoms with E-state index in [1.165, 1.54) is 0 Å². The molecule has 4 rings (SSSR count). The van der Waals surface area contributed by atoms with Crippen LogP contribution in [0.5, 0.6) is 17.2 Å². The van der Waals surface area contributed by atoms with Crippen molar-refractivity contribution in [3.63, 3.8) is 0 Å². The third-order valence-corrected chi connectivity index (χ3v) is 7.34. The molecule has 1 fully saturated rings. The molecule has 39 heavy (non-hydrogen) atoms. The van der Waals surface area contributed by atoms with Gasteiger partial charge in [0.1, 0.15) is 22.8 Å². The number of likely N-dealkylation sites (tertiary alicyclic amines) is 1. The third-order valence-electron chi connectivity index (χ3n) is 7.34. The summed E-state index contributed by atoms with van der Waals surface area (Å²) in [7, 11) is 4.98. The van der Waals surface area contributed by atoms with Crippen molar-refractivity contribution >= 4 is 5.97 Å². The van der Waals surface area contributed by atoms with Crippen LogP contribution in [0.4, 0.5) is 0 Å². The summed E-state index contributed by atoms with van der Waals surface area (Å²) in [6, 6.07) is 24.0. The van der Waals surface area contributed by atoms with E-state index in [-0.39, 0.29) is 11.9 Å². The fraction of sp³-hybridized carbons (Fsp3) is 0.406. The fourth-order valence-electron chi connectivity index (χ4n) is 5.27. The van der Waals surface area contributed by atoms with E-state index in [0.717, 1.165) is 53.3 Å². The molecule has 1 atom stereocenters. The van der Waals surface area contributed by atoms with Crippen molar-refractivity contribution in [2.75, 3.05) is 54.2 Å². The van der Waals surface area contributed by atoms with Crippen LogP contribution in [0.15, 0.2) is 72.8 Å². The van der Waals surface area contributed by atoms with Crippen molar-refractivity contribution in [2.24, 2.45) is 5.92 Å². The first kappa shape index (κ1) is 28.5. The normalized spacial score (nSPS) is 15.9. The predicted molar refractivity (Wildman–Crippen MR) is 151 cm³/mol. The smallest absolute Gasteiger partial charge is 0.310 e. The van der Waals surface area contributed by atoms with Crippen LogP contribution < -0.4 is 14.2 Å². The van der Waals surface area contributed by atoms with E-state index in [4.69, 9.17) is 23.7 Å². The van der Waals surface area contributed by atoms with Crippen LogP contribution in [0.25, 0.3) is 0 Å². The molecule has 208 valence electrons. The van der Waals surface area contributed by atoms with Gasteiger partial charge in [-0.3, -0.25) is 4.79 Å². The van der Waals surface area contributed by atoms with Gasteiger partial charge in [-0.1, -0.05) is 36.4 Å². The maximum atomic E-state index is 12.4. The van der Waals surface area contributed by atoms with Gasteiger partial charge in [0.2, 0.25) is 0 Å². The van der Waals surface area contributed by atoms with E-state index >= 15 is 0 Å². The largest absolute Gasteiger partial charge is 0.497 e. The highest BCUT2D eigenvalue weighted by atomic mass is 16.5. The number of hydrogen-bond acceptors (Lipinski definition) is 7. The number of esters is 1. The van der Waals surface area contributed by atoms with E-state index in [1.54, 1.807) is 21.3 Å². The Morgan fingerprint density at radius 3 is 1.67 bits per heavy atom. The molecule has 0 aliphatic carbocycles. The average Bonchev–Trinajstić information content (AvgIpc) is 3.00. The highest BCUT2D eigenvalue weighted by Crippen LogP contribution is 2.42. The van der Waals surface area contributed by atoms with Crippen LogP contribution >= 0.6 is 0 Å². The van der Waals surface area contributed by atoms with E-state index in [0.29, 0.717) is 26.3 Å². The van der Waals surface area contributed by atoms with Gasteiger partial charge >= 0.3 is 5.97 Å². The molecule has 7 nitrogen and oxygen atoms in total. The SMILES string of the molecule is CCOC(=O)C1CCCN(CCOC(c2ccc(OC)cc2)(c2ccc(OC)cc2)c2ccc(OC)cc2)C1. The zero-order chi connectivity index (χ0) is 27.7. The van der Waals surface area contributed by atoms with Gasteiger partial charge in [0.05, 0.1) is 40.5 Å².